The highest BCUT2D eigenvalue weighted by Crippen LogP contribution is 2.30. The molecule has 2 N–H and O–H groups in total. The Bertz CT molecular complexity index is 913. The summed E-state index contributed by atoms with van der Waals surface area (Å²) in [5, 5.41) is 28.3. The number of aromatic nitrogens is 6. The first-order chi connectivity index (χ1) is 11.3. The fraction of sp³-hybridized carbons (Fsp3) is 0. The van der Waals surface area contributed by atoms with Gasteiger partial charge in [0.1, 0.15) is 11.4 Å². The molecule has 0 aliphatic rings. The number of rotatable bonds is 3. The zero-order valence-electron chi connectivity index (χ0n) is 12.0. The quantitative estimate of drug-likeness (QED) is 0.606. The van der Waals surface area contributed by atoms with Crippen LogP contribution in [0.25, 0.3) is 28.3 Å². The van der Waals surface area contributed by atoms with Gasteiger partial charge in [0.2, 0.25) is 5.82 Å². The molecule has 4 aromatic rings. The number of nitrogens with one attached hydrogen (secondary N) is 1. The number of aromatic hydroxyl groups is 1. The summed E-state index contributed by atoms with van der Waals surface area (Å²) in [5.74, 6) is 0.674. The molecule has 0 atom stereocenters. The maximum absolute atomic E-state index is 9.47. The van der Waals surface area contributed by atoms with Crippen LogP contribution in [0.1, 0.15) is 0 Å². The van der Waals surface area contributed by atoms with Crippen molar-refractivity contribution in [3.8, 4) is 34.1 Å². The second-order valence-corrected chi connectivity index (χ2v) is 4.95. The molecule has 7 nitrogen and oxygen atoms in total. The third kappa shape index (κ3) is 2.44. The van der Waals surface area contributed by atoms with E-state index in [-0.39, 0.29) is 5.75 Å². The van der Waals surface area contributed by atoms with Crippen LogP contribution in [0.4, 0.5) is 0 Å². The molecule has 2 heterocycles. The molecule has 0 saturated heterocycles. The zero-order chi connectivity index (χ0) is 15.6. The Hall–Kier alpha value is -3.48. The van der Waals surface area contributed by atoms with Crippen molar-refractivity contribution >= 4 is 0 Å². The number of phenols is 1. The Kier molecular flexibility index (Phi) is 3.09. The number of nitrogens with zero attached hydrogens (tertiary/aromatic N) is 5. The maximum atomic E-state index is 9.47. The van der Waals surface area contributed by atoms with E-state index < -0.39 is 0 Å². The Morgan fingerprint density at radius 2 is 1.74 bits per heavy atom. The molecule has 7 heteroatoms. The molecule has 0 saturated carbocycles. The minimum absolute atomic E-state index is 0.206. The van der Waals surface area contributed by atoms with E-state index in [2.05, 4.69) is 25.7 Å². The van der Waals surface area contributed by atoms with E-state index >= 15 is 0 Å². The van der Waals surface area contributed by atoms with E-state index in [1.807, 2.05) is 36.5 Å². The van der Waals surface area contributed by atoms with Gasteiger partial charge >= 0.3 is 0 Å². The molecular formula is C16H12N6O. The molecule has 0 aliphatic heterocycles. The van der Waals surface area contributed by atoms with Crippen LogP contribution in [0.15, 0.2) is 60.8 Å². The molecule has 2 aromatic heterocycles. The van der Waals surface area contributed by atoms with Gasteiger partial charge in [-0.05, 0) is 41.6 Å². The lowest BCUT2D eigenvalue weighted by atomic mass is 10.1. The first-order valence-electron chi connectivity index (χ1n) is 6.99. The number of phenolic OH excluding ortho intramolecular Hbond substituents is 1. The number of hydrogen-bond donors (Lipinski definition) is 2. The average Bonchev–Trinajstić information content (AvgIpc) is 3.26. The van der Waals surface area contributed by atoms with Gasteiger partial charge in [-0.1, -0.05) is 18.2 Å². The predicted molar refractivity (Wildman–Crippen MR) is 83.8 cm³/mol. The zero-order valence-corrected chi connectivity index (χ0v) is 12.0. The van der Waals surface area contributed by atoms with Crippen molar-refractivity contribution in [1.29, 1.82) is 0 Å². The number of para-hydroxylation sites is 1. The molecule has 0 aliphatic carbocycles. The van der Waals surface area contributed by atoms with E-state index in [0.29, 0.717) is 5.82 Å². The van der Waals surface area contributed by atoms with Crippen LogP contribution in [0.3, 0.4) is 0 Å². The molecular weight excluding hydrogens is 292 g/mol. The lowest BCUT2D eigenvalue weighted by molar-refractivity contribution is 0.475. The molecule has 23 heavy (non-hydrogen) atoms. The van der Waals surface area contributed by atoms with Gasteiger partial charge in [-0.3, -0.25) is 0 Å². The van der Waals surface area contributed by atoms with Crippen molar-refractivity contribution in [3.05, 3.63) is 60.8 Å². The molecule has 0 bridgehead atoms. The van der Waals surface area contributed by atoms with E-state index in [0.717, 1.165) is 22.5 Å². The third-order valence-electron chi connectivity index (χ3n) is 3.46. The van der Waals surface area contributed by atoms with Crippen LogP contribution >= 0.6 is 0 Å². The summed E-state index contributed by atoms with van der Waals surface area (Å²) in [4.78, 5) is 0. The number of aromatic amines is 1. The van der Waals surface area contributed by atoms with Crippen LogP contribution in [0, 0.1) is 0 Å². The average molecular weight is 304 g/mol. The molecule has 0 unspecified atom stereocenters. The van der Waals surface area contributed by atoms with Gasteiger partial charge in [-0.15, -0.1) is 10.2 Å². The van der Waals surface area contributed by atoms with E-state index in [9.17, 15) is 5.11 Å². The minimum Gasteiger partial charge on any atom is -0.508 e. The summed E-state index contributed by atoms with van der Waals surface area (Å²) in [6, 6.07) is 16.6. The predicted octanol–water partition coefficient (Wildman–Crippen LogP) is 2.42. The number of hydrogen-bond acceptors (Lipinski definition) is 5. The monoisotopic (exact) mass is 304 g/mol. The van der Waals surface area contributed by atoms with E-state index in [4.69, 9.17) is 0 Å². The minimum atomic E-state index is 0.206. The Labute approximate surface area is 131 Å². The highest BCUT2D eigenvalue weighted by Gasteiger charge is 2.17. The number of benzene rings is 2. The van der Waals surface area contributed by atoms with Crippen molar-refractivity contribution in [3.63, 3.8) is 0 Å². The first kappa shape index (κ1) is 13.2. The Balaban J connectivity index is 1.89. The Morgan fingerprint density at radius 3 is 2.43 bits per heavy atom. The molecule has 0 amide bonds. The van der Waals surface area contributed by atoms with Gasteiger partial charge < -0.3 is 5.11 Å². The van der Waals surface area contributed by atoms with E-state index in [1.54, 1.807) is 28.9 Å². The van der Waals surface area contributed by atoms with Gasteiger partial charge in [0.25, 0.3) is 0 Å². The summed E-state index contributed by atoms with van der Waals surface area (Å²) >= 11 is 0. The summed E-state index contributed by atoms with van der Waals surface area (Å²) in [6.45, 7) is 0. The van der Waals surface area contributed by atoms with Crippen LogP contribution in [-0.2, 0) is 0 Å². The van der Waals surface area contributed by atoms with Gasteiger partial charge in [-0.2, -0.15) is 10.3 Å². The summed E-state index contributed by atoms with van der Waals surface area (Å²) in [5.41, 5.74) is 3.27. The summed E-state index contributed by atoms with van der Waals surface area (Å²) < 4.78 is 1.77. The summed E-state index contributed by atoms with van der Waals surface area (Å²) in [7, 11) is 0. The lowest BCUT2D eigenvalue weighted by Crippen LogP contribution is -1.93. The highest BCUT2D eigenvalue weighted by atomic mass is 16.3. The van der Waals surface area contributed by atoms with Crippen molar-refractivity contribution in [2.24, 2.45) is 0 Å². The molecule has 0 radical (unpaired) electrons. The number of tetrazole rings is 1. The number of H-pyrrole nitrogens is 1. The van der Waals surface area contributed by atoms with Crippen LogP contribution in [0.2, 0.25) is 0 Å². The maximum Gasteiger partial charge on any atom is 0.208 e. The fourth-order valence-electron chi connectivity index (χ4n) is 2.36. The highest BCUT2D eigenvalue weighted by molar-refractivity contribution is 5.77. The molecule has 0 fully saturated rings. The van der Waals surface area contributed by atoms with Gasteiger partial charge in [0, 0.05) is 11.8 Å². The van der Waals surface area contributed by atoms with Crippen molar-refractivity contribution in [2.75, 3.05) is 0 Å². The smallest absolute Gasteiger partial charge is 0.208 e. The van der Waals surface area contributed by atoms with Crippen LogP contribution in [-0.4, -0.2) is 35.5 Å². The standard InChI is InChI=1S/C16H12N6O/c23-13-8-6-11(7-9-13)15-14(16-17-20-21-18-16)10-22(19-15)12-4-2-1-3-5-12/h1-10,23H,(H,17,18,20,21). The van der Waals surface area contributed by atoms with Crippen LogP contribution < -0.4 is 0 Å². The second kappa shape index (κ2) is 5.38. The van der Waals surface area contributed by atoms with Gasteiger partial charge in [0.15, 0.2) is 0 Å². The SMILES string of the molecule is Oc1ccc(-c2nn(-c3ccccc3)cc2-c2nn[nH]n2)cc1. The largest absolute Gasteiger partial charge is 0.508 e. The van der Waals surface area contributed by atoms with E-state index in [1.165, 1.54) is 0 Å². The third-order valence-corrected chi connectivity index (χ3v) is 3.46. The van der Waals surface area contributed by atoms with Gasteiger partial charge in [0.05, 0.1) is 11.3 Å². The first-order valence-corrected chi connectivity index (χ1v) is 6.99. The topological polar surface area (TPSA) is 92.5 Å². The molecule has 2 aromatic carbocycles. The molecule has 0 spiro atoms. The second-order valence-electron chi connectivity index (χ2n) is 4.95. The lowest BCUT2D eigenvalue weighted by Gasteiger charge is -2.00. The van der Waals surface area contributed by atoms with Crippen LogP contribution in [0.5, 0.6) is 5.75 Å². The van der Waals surface area contributed by atoms with Crippen molar-refractivity contribution in [2.45, 2.75) is 0 Å². The molecule has 112 valence electrons. The Morgan fingerprint density at radius 1 is 0.957 bits per heavy atom. The normalized spacial score (nSPS) is 10.8. The molecule has 4 rings (SSSR count). The fourth-order valence-corrected chi connectivity index (χ4v) is 2.36. The summed E-state index contributed by atoms with van der Waals surface area (Å²) in [6.07, 6.45) is 1.86. The van der Waals surface area contributed by atoms with Gasteiger partial charge in [-0.25, -0.2) is 4.68 Å². The van der Waals surface area contributed by atoms with Crippen molar-refractivity contribution in [1.82, 2.24) is 30.4 Å². The van der Waals surface area contributed by atoms with Crippen molar-refractivity contribution < 1.29 is 5.11 Å².